The number of ether oxygens (including phenoxy) is 1. The van der Waals surface area contributed by atoms with Gasteiger partial charge in [0.25, 0.3) is 0 Å². The second kappa shape index (κ2) is 7.09. The molecule has 0 amide bonds. The van der Waals surface area contributed by atoms with Gasteiger partial charge in [0.15, 0.2) is 0 Å². The molecule has 0 unspecified atom stereocenters. The summed E-state index contributed by atoms with van der Waals surface area (Å²) >= 11 is 0. The lowest BCUT2D eigenvalue weighted by Crippen LogP contribution is -2.06. The lowest BCUT2D eigenvalue weighted by Gasteiger charge is -2.09. The van der Waals surface area contributed by atoms with Gasteiger partial charge in [-0.25, -0.2) is 4.98 Å². The highest BCUT2D eigenvalue weighted by atomic mass is 16.5. The summed E-state index contributed by atoms with van der Waals surface area (Å²) in [6.45, 7) is 6.55. The SMILES string of the molecule is CCOCCCn1ccnc1Nc1cn(C)nc1CC. The number of hydrogen-bond donors (Lipinski definition) is 1. The molecule has 0 saturated heterocycles. The van der Waals surface area contributed by atoms with E-state index >= 15 is 0 Å². The minimum Gasteiger partial charge on any atom is -0.382 e. The summed E-state index contributed by atoms with van der Waals surface area (Å²) in [6, 6.07) is 0. The molecule has 0 bridgehead atoms. The van der Waals surface area contributed by atoms with Crippen LogP contribution in [0.1, 0.15) is 26.0 Å². The summed E-state index contributed by atoms with van der Waals surface area (Å²) < 4.78 is 9.29. The minimum absolute atomic E-state index is 0.768. The van der Waals surface area contributed by atoms with Crippen molar-refractivity contribution in [2.75, 3.05) is 18.5 Å². The first-order valence-electron chi connectivity index (χ1n) is 7.13. The van der Waals surface area contributed by atoms with Crippen LogP contribution in [0.3, 0.4) is 0 Å². The van der Waals surface area contributed by atoms with E-state index in [1.165, 1.54) is 0 Å². The van der Waals surface area contributed by atoms with E-state index in [1.807, 2.05) is 37.2 Å². The standard InChI is InChI=1S/C14H23N5O/c1-4-12-13(11-18(3)17-12)16-14-15-7-9-19(14)8-6-10-20-5-2/h7,9,11H,4-6,8,10H2,1-3H3,(H,15,16). The third kappa shape index (κ3) is 3.60. The largest absolute Gasteiger partial charge is 0.382 e. The number of hydrogen-bond acceptors (Lipinski definition) is 4. The van der Waals surface area contributed by atoms with Gasteiger partial charge in [0.2, 0.25) is 5.95 Å². The van der Waals surface area contributed by atoms with Crippen molar-refractivity contribution in [2.24, 2.45) is 7.05 Å². The Morgan fingerprint density at radius 1 is 1.35 bits per heavy atom. The maximum atomic E-state index is 5.36. The molecule has 2 heterocycles. The quantitative estimate of drug-likeness (QED) is 0.753. The van der Waals surface area contributed by atoms with Crippen LogP contribution in [0.5, 0.6) is 0 Å². The summed E-state index contributed by atoms with van der Waals surface area (Å²) in [5, 5.41) is 7.78. The maximum Gasteiger partial charge on any atom is 0.207 e. The molecule has 0 aliphatic carbocycles. The van der Waals surface area contributed by atoms with Gasteiger partial charge < -0.3 is 14.6 Å². The molecule has 0 aliphatic heterocycles. The molecule has 2 rings (SSSR count). The first-order valence-corrected chi connectivity index (χ1v) is 7.13. The van der Waals surface area contributed by atoms with Crippen molar-refractivity contribution in [2.45, 2.75) is 33.2 Å². The molecule has 6 nitrogen and oxygen atoms in total. The van der Waals surface area contributed by atoms with Crippen molar-refractivity contribution < 1.29 is 4.74 Å². The van der Waals surface area contributed by atoms with Crippen LogP contribution in [0.15, 0.2) is 18.6 Å². The highest BCUT2D eigenvalue weighted by Gasteiger charge is 2.09. The van der Waals surface area contributed by atoms with Crippen LogP contribution < -0.4 is 5.32 Å². The Kier molecular flexibility index (Phi) is 5.17. The second-order valence-corrected chi connectivity index (χ2v) is 4.64. The van der Waals surface area contributed by atoms with Crippen LogP contribution in [0, 0.1) is 0 Å². The van der Waals surface area contributed by atoms with Crippen LogP contribution in [-0.4, -0.2) is 32.5 Å². The summed E-state index contributed by atoms with van der Waals surface area (Å²) in [7, 11) is 1.93. The van der Waals surface area contributed by atoms with E-state index in [9.17, 15) is 0 Å². The molecule has 0 atom stereocenters. The van der Waals surface area contributed by atoms with Crippen molar-refractivity contribution in [3.8, 4) is 0 Å². The van der Waals surface area contributed by atoms with Gasteiger partial charge in [-0.2, -0.15) is 5.10 Å². The third-order valence-corrected chi connectivity index (χ3v) is 3.09. The van der Waals surface area contributed by atoms with Gasteiger partial charge in [0, 0.05) is 45.4 Å². The fourth-order valence-electron chi connectivity index (χ4n) is 2.12. The lowest BCUT2D eigenvalue weighted by molar-refractivity contribution is 0.142. The van der Waals surface area contributed by atoms with E-state index in [0.29, 0.717) is 0 Å². The average molecular weight is 277 g/mol. The van der Waals surface area contributed by atoms with E-state index in [1.54, 1.807) is 0 Å². The van der Waals surface area contributed by atoms with Gasteiger partial charge >= 0.3 is 0 Å². The second-order valence-electron chi connectivity index (χ2n) is 4.64. The summed E-state index contributed by atoms with van der Waals surface area (Å²) in [5.74, 6) is 0.851. The van der Waals surface area contributed by atoms with Crippen molar-refractivity contribution >= 4 is 11.6 Å². The zero-order valence-electron chi connectivity index (χ0n) is 12.5. The Morgan fingerprint density at radius 2 is 2.20 bits per heavy atom. The number of nitrogens with zero attached hydrogens (tertiary/aromatic N) is 4. The molecular weight excluding hydrogens is 254 g/mol. The van der Waals surface area contributed by atoms with E-state index in [0.717, 1.165) is 49.9 Å². The molecule has 0 spiro atoms. The van der Waals surface area contributed by atoms with Crippen LogP contribution in [0.4, 0.5) is 11.6 Å². The molecule has 2 aromatic rings. The molecule has 0 aliphatic rings. The zero-order chi connectivity index (χ0) is 14.4. The monoisotopic (exact) mass is 277 g/mol. The molecule has 0 aromatic carbocycles. The predicted molar refractivity (Wildman–Crippen MR) is 79.2 cm³/mol. The molecule has 20 heavy (non-hydrogen) atoms. The Labute approximate surface area is 119 Å². The first-order chi connectivity index (χ1) is 9.74. The van der Waals surface area contributed by atoms with Crippen molar-refractivity contribution in [3.63, 3.8) is 0 Å². The molecule has 2 aromatic heterocycles. The van der Waals surface area contributed by atoms with Crippen LogP contribution in [0.25, 0.3) is 0 Å². The van der Waals surface area contributed by atoms with E-state index in [2.05, 4.69) is 26.9 Å². The minimum atomic E-state index is 0.768. The number of imidazole rings is 1. The molecule has 0 saturated carbocycles. The van der Waals surface area contributed by atoms with Crippen molar-refractivity contribution in [3.05, 3.63) is 24.3 Å². The Bertz CT molecular complexity index is 531. The lowest BCUT2D eigenvalue weighted by atomic mass is 10.3. The van der Waals surface area contributed by atoms with E-state index in [-0.39, 0.29) is 0 Å². The normalized spacial score (nSPS) is 10.9. The molecule has 6 heteroatoms. The van der Waals surface area contributed by atoms with Gasteiger partial charge in [-0.15, -0.1) is 0 Å². The molecule has 1 N–H and O–H groups in total. The average Bonchev–Trinajstić information content (AvgIpc) is 3.02. The number of aryl methyl sites for hydroxylation is 3. The highest BCUT2D eigenvalue weighted by Crippen LogP contribution is 2.19. The summed E-state index contributed by atoms with van der Waals surface area (Å²) in [4.78, 5) is 4.37. The molecule has 0 fully saturated rings. The smallest absolute Gasteiger partial charge is 0.207 e. The van der Waals surface area contributed by atoms with Crippen LogP contribution >= 0.6 is 0 Å². The van der Waals surface area contributed by atoms with Gasteiger partial charge in [-0.3, -0.25) is 4.68 Å². The van der Waals surface area contributed by atoms with Gasteiger partial charge in [0.05, 0.1) is 11.4 Å². The number of nitrogens with one attached hydrogen (secondary N) is 1. The topological polar surface area (TPSA) is 56.9 Å². The Hall–Kier alpha value is -1.82. The Morgan fingerprint density at radius 3 is 2.95 bits per heavy atom. The number of rotatable bonds is 8. The van der Waals surface area contributed by atoms with Gasteiger partial charge in [0.1, 0.15) is 0 Å². The number of aromatic nitrogens is 4. The predicted octanol–water partition coefficient (Wildman–Crippen LogP) is 2.35. The van der Waals surface area contributed by atoms with Crippen LogP contribution in [-0.2, 0) is 24.8 Å². The fourth-order valence-corrected chi connectivity index (χ4v) is 2.12. The Balaban J connectivity index is 2.00. The summed E-state index contributed by atoms with van der Waals surface area (Å²) in [5.41, 5.74) is 2.07. The highest BCUT2D eigenvalue weighted by molar-refractivity contribution is 5.55. The maximum absolute atomic E-state index is 5.36. The molecule has 110 valence electrons. The van der Waals surface area contributed by atoms with Gasteiger partial charge in [-0.05, 0) is 19.8 Å². The van der Waals surface area contributed by atoms with Crippen LogP contribution in [0.2, 0.25) is 0 Å². The zero-order valence-corrected chi connectivity index (χ0v) is 12.5. The third-order valence-electron chi connectivity index (χ3n) is 3.09. The summed E-state index contributed by atoms with van der Waals surface area (Å²) in [6.07, 6.45) is 7.65. The first kappa shape index (κ1) is 14.6. The van der Waals surface area contributed by atoms with E-state index < -0.39 is 0 Å². The van der Waals surface area contributed by atoms with Crippen molar-refractivity contribution in [1.82, 2.24) is 19.3 Å². The number of anilines is 2. The van der Waals surface area contributed by atoms with Gasteiger partial charge in [-0.1, -0.05) is 6.92 Å². The molecular formula is C14H23N5O. The van der Waals surface area contributed by atoms with Crippen molar-refractivity contribution in [1.29, 1.82) is 0 Å². The van der Waals surface area contributed by atoms with E-state index in [4.69, 9.17) is 4.74 Å². The fraction of sp³-hybridized carbons (Fsp3) is 0.571. The molecule has 0 radical (unpaired) electrons.